The summed E-state index contributed by atoms with van der Waals surface area (Å²) in [5.41, 5.74) is 0.489. The van der Waals surface area contributed by atoms with Gasteiger partial charge in [-0.05, 0) is 30.3 Å². The van der Waals surface area contributed by atoms with Crippen LogP contribution >= 0.6 is 22.9 Å². The van der Waals surface area contributed by atoms with Crippen LogP contribution in [0.25, 0.3) is 0 Å². The second-order valence-electron chi connectivity index (χ2n) is 4.92. The maximum Gasteiger partial charge on any atom is 0.293 e. The lowest BCUT2D eigenvalue weighted by Crippen LogP contribution is -2.16. The van der Waals surface area contributed by atoms with Crippen LogP contribution in [0.1, 0.15) is 16.2 Å². The van der Waals surface area contributed by atoms with Crippen molar-refractivity contribution in [2.24, 2.45) is 0 Å². The number of nitrogens with zero attached hydrogens (tertiary/aromatic N) is 1. The molecule has 0 atom stereocenters. The second kappa shape index (κ2) is 7.45. The topological polar surface area (TPSA) is 84.2 Å². The molecule has 0 spiro atoms. The van der Waals surface area contributed by atoms with E-state index in [4.69, 9.17) is 16.0 Å². The smallest absolute Gasteiger partial charge is 0.293 e. The molecule has 0 aliphatic carbocycles. The van der Waals surface area contributed by atoms with Gasteiger partial charge in [0.1, 0.15) is 5.82 Å². The molecule has 2 heterocycles. The largest absolute Gasteiger partial charge is 0.459 e. The highest BCUT2D eigenvalue weighted by Crippen LogP contribution is 2.20. The summed E-state index contributed by atoms with van der Waals surface area (Å²) in [6.45, 7) is 0. The summed E-state index contributed by atoms with van der Waals surface area (Å²) in [5, 5.41) is 7.23. The summed E-state index contributed by atoms with van der Waals surface area (Å²) < 4.78 is 18.6. The molecular formula is C16H11ClFN3O3S. The third-order valence-corrected chi connectivity index (χ3v) is 4.11. The molecule has 2 aromatic heterocycles. The summed E-state index contributed by atoms with van der Waals surface area (Å²) in [5.74, 6) is -1.33. The predicted molar refractivity (Wildman–Crippen MR) is 92.5 cm³/mol. The highest BCUT2D eigenvalue weighted by molar-refractivity contribution is 7.14. The predicted octanol–water partition coefficient (Wildman–Crippen LogP) is 3.96. The zero-order valence-corrected chi connectivity index (χ0v) is 14.2. The number of carbonyl (C=O) groups is 2. The highest BCUT2D eigenvalue weighted by atomic mass is 35.5. The molecule has 3 aromatic rings. The zero-order chi connectivity index (χ0) is 17.8. The molecular weight excluding hydrogens is 369 g/mol. The third-order valence-electron chi connectivity index (χ3n) is 3.06. The fourth-order valence-electron chi connectivity index (χ4n) is 1.96. The van der Waals surface area contributed by atoms with Gasteiger partial charge in [0.15, 0.2) is 10.9 Å². The van der Waals surface area contributed by atoms with Crippen molar-refractivity contribution in [3.05, 3.63) is 64.3 Å². The Balaban J connectivity index is 1.59. The minimum atomic E-state index is -0.620. The van der Waals surface area contributed by atoms with E-state index in [1.807, 2.05) is 0 Å². The van der Waals surface area contributed by atoms with Gasteiger partial charge in [0, 0.05) is 10.4 Å². The Labute approximate surface area is 150 Å². The summed E-state index contributed by atoms with van der Waals surface area (Å²) in [7, 11) is 0. The summed E-state index contributed by atoms with van der Waals surface area (Å²) >= 11 is 6.83. The number of benzene rings is 1. The van der Waals surface area contributed by atoms with Crippen LogP contribution in [-0.4, -0.2) is 16.8 Å². The molecule has 1 aromatic carbocycles. The minimum Gasteiger partial charge on any atom is -0.459 e. The van der Waals surface area contributed by atoms with Crippen LogP contribution < -0.4 is 10.6 Å². The van der Waals surface area contributed by atoms with Crippen molar-refractivity contribution in [2.45, 2.75) is 6.42 Å². The van der Waals surface area contributed by atoms with E-state index in [2.05, 4.69) is 15.6 Å². The van der Waals surface area contributed by atoms with E-state index in [-0.39, 0.29) is 22.9 Å². The van der Waals surface area contributed by atoms with Gasteiger partial charge >= 0.3 is 0 Å². The molecule has 128 valence electrons. The monoisotopic (exact) mass is 379 g/mol. The lowest BCUT2D eigenvalue weighted by atomic mass is 10.2. The first kappa shape index (κ1) is 17.1. The molecule has 0 aliphatic rings. The number of amides is 2. The molecule has 9 heteroatoms. The van der Waals surface area contributed by atoms with Gasteiger partial charge in [-0.3, -0.25) is 14.9 Å². The summed E-state index contributed by atoms with van der Waals surface area (Å²) in [6.07, 6.45) is 1.33. The van der Waals surface area contributed by atoms with Crippen LogP contribution in [0.3, 0.4) is 0 Å². The number of furan rings is 1. The first-order valence-electron chi connectivity index (χ1n) is 7.05. The third kappa shape index (κ3) is 4.43. The van der Waals surface area contributed by atoms with E-state index in [1.54, 1.807) is 11.4 Å². The molecule has 2 amide bonds. The molecule has 0 saturated carbocycles. The summed E-state index contributed by atoms with van der Waals surface area (Å²) in [6, 6.07) is 7.10. The molecule has 6 nitrogen and oxygen atoms in total. The fourth-order valence-corrected chi connectivity index (χ4v) is 2.83. The Morgan fingerprint density at radius 3 is 2.84 bits per heavy atom. The van der Waals surface area contributed by atoms with Gasteiger partial charge in [-0.15, -0.1) is 11.3 Å². The molecule has 3 rings (SSSR count). The molecule has 0 fully saturated rings. The van der Waals surface area contributed by atoms with E-state index in [1.165, 1.54) is 35.8 Å². The van der Waals surface area contributed by atoms with Gasteiger partial charge in [0.25, 0.3) is 5.91 Å². The summed E-state index contributed by atoms with van der Waals surface area (Å²) in [4.78, 5) is 28.0. The van der Waals surface area contributed by atoms with Gasteiger partial charge in [-0.25, -0.2) is 9.37 Å². The fraction of sp³-hybridized carbons (Fsp3) is 0.0625. The van der Waals surface area contributed by atoms with Crippen LogP contribution in [0.15, 0.2) is 46.4 Å². The van der Waals surface area contributed by atoms with E-state index in [0.29, 0.717) is 10.8 Å². The number of rotatable bonds is 5. The Morgan fingerprint density at radius 1 is 1.28 bits per heavy atom. The average Bonchev–Trinajstić information content (AvgIpc) is 3.22. The Bertz CT molecular complexity index is 911. The number of hydrogen-bond acceptors (Lipinski definition) is 5. The zero-order valence-electron chi connectivity index (χ0n) is 12.6. The number of aromatic nitrogens is 1. The van der Waals surface area contributed by atoms with Crippen LogP contribution in [0.2, 0.25) is 5.02 Å². The van der Waals surface area contributed by atoms with Crippen molar-refractivity contribution in [3.8, 4) is 0 Å². The Kier molecular flexibility index (Phi) is 5.11. The van der Waals surface area contributed by atoms with Crippen molar-refractivity contribution >= 4 is 45.6 Å². The maximum atomic E-state index is 13.7. The van der Waals surface area contributed by atoms with Crippen molar-refractivity contribution < 1.29 is 18.4 Å². The van der Waals surface area contributed by atoms with Crippen LogP contribution in [0.4, 0.5) is 15.2 Å². The maximum absolute atomic E-state index is 13.7. The Morgan fingerprint density at radius 2 is 2.12 bits per heavy atom. The minimum absolute atomic E-state index is 0.0379. The van der Waals surface area contributed by atoms with Crippen molar-refractivity contribution in [1.29, 1.82) is 0 Å². The molecule has 0 saturated heterocycles. The quantitative estimate of drug-likeness (QED) is 0.702. The van der Waals surface area contributed by atoms with Crippen LogP contribution in [0, 0.1) is 5.82 Å². The molecule has 0 bridgehead atoms. The number of hydrogen-bond donors (Lipinski definition) is 2. The first-order chi connectivity index (χ1) is 12.0. The SMILES string of the molecule is O=C(Cc1csc(NC(=O)c2ccco2)n1)Nc1ccc(Cl)cc1F. The van der Waals surface area contributed by atoms with Crippen molar-refractivity contribution in [3.63, 3.8) is 0 Å². The van der Waals surface area contributed by atoms with E-state index >= 15 is 0 Å². The Hall–Kier alpha value is -2.71. The van der Waals surface area contributed by atoms with Gasteiger partial charge in [0.2, 0.25) is 5.91 Å². The number of anilines is 2. The van der Waals surface area contributed by atoms with E-state index < -0.39 is 17.6 Å². The van der Waals surface area contributed by atoms with Crippen molar-refractivity contribution in [2.75, 3.05) is 10.6 Å². The molecule has 2 N–H and O–H groups in total. The second-order valence-corrected chi connectivity index (χ2v) is 6.22. The lowest BCUT2D eigenvalue weighted by molar-refractivity contribution is -0.115. The molecule has 0 radical (unpaired) electrons. The molecule has 0 aliphatic heterocycles. The number of carbonyl (C=O) groups excluding carboxylic acids is 2. The van der Waals surface area contributed by atoms with Gasteiger partial charge in [-0.2, -0.15) is 0 Å². The molecule has 25 heavy (non-hydrogen) atoms. The number of halogens is 2. The number of nitrogens with one attached hydrogen (secondary N) is 2. The van der Waals surface area contributed by atoms with Crippen LogP contribution in [0.5, 0.6) is 0 Å². The van der Waals surface area contributed by atoms with Crippen molar-refractivity contribution in [1.82, 2.24) is 4.98 Å². The van der Waals surface area contributed by atoms with Gasteiger partial charge in [-0.1, -0.05) is 11.6 Å². The van der Waals surface area contributed by atoms with Gasteiger partial charge in [0.05, 0.1) is 24.1 Å². The van der Waals surface area contributed by atoms with E-state index in [0.717, 1.165) is 6.07 Å². The van der Waals surface area contributed by atoms with Gasteiger partial charge < -0.3 is 9.73 Å². The highest BCUT2D eigenvalue weighted by Gasteiger charge is 2.14. The average molecular weight is 380 g/mol. The first-order valence-corrected chi connectivity index (χ1v) is 8.31. The lowest BCUT2D eigenvalue weighted by Gasteiger charge is -2.05. The number of thiazole rings is 1. The van der Waals surface area contributed by atoms with E-state index in [9.17, 15) is 14.0 Å². The van der Waals surface area contributed by atoms with Crippen LogP contribution in [-0.2, 0) is 11.2 Å². The standard InChI is InChI=1S/C16H11ClFN3O3S/c17-9-3-4-12(11(18)6-9)20-14(22)7-10-8-25-16(19-10)21-15(23)13-2-1-5-24-13/h1-6,8H,7H2,(H,20,22)(H,19,21,23). The molecule has 0 unspecified atom stereocenters. The normalized spacial score (nSPS) is 10.5.